The normalized spacial score (nSPS) is 10.2. The summed E-state index contributed by atoms with van der Waals surface area (Å²) >= 11 is 0. The first kappa shape index (κ1) is 12.9. The molecule has 0 saturated carbocycles. The van der Waals surface area contributed by atoms with E-state index in [1.165, 1.54) is 0 Å². The molecule has 1 aromatic rings. The monoisotopic (exact) mass is 228 g/mol. The van der Waals surface area contributed by atoms with Gasteiger partial charge in [0.05, 0.1) is 30.8 Å². The first-order valence-electron chi connectivity index (χ1n) is 5.32. The van der Waals surface area contributed by atoms with Gasteiger partial charge < -0.3 is 10.1 Å². The van der Waals surface area contributed by atoms with Crippen molar-refractivity contribution in [2.45, 2.75) is 19.3 Å². The second kappa shape index (κ2) is 5.27. The lowest BCUT2D eigenvalue weighted by atomic mass is 9.86. The highest BCUT2D eigenvalue weighted by molar-refractivity contribution is 5.59. The molecule has 0 amide bonds. The number of hydrogen-bond donors (Lipinski definition) is 1. The Morgan fingerprint density at radius 1 is 1.47 bits per heavy atom. The van der Waals surface area contributed by atoms with Crippen molar-refractivity contribution in [1.82, 2.24) is 0 Å². The van der Waals surface area contributed by atoms with Gasteiger partial charge in [0.15, 0.2) is 0 Å². The molecule has 0 aliphatic rings. The lowest BCUT2D eigenvalue weighted by Gasteiger charge is -2.18. The van der Waals surface area contributed by atoms with E-state index < -0.39 is 5.41 Å². The molecule has 17 heavy (non-hydrogen) atoms. The Kier molecular flexibility index (Phi) is 4.01. The van der Waals surface area contributed by atoms with E-state index in [0.29, 0.717) is 12.3 Å². The van der Waals surface area contributed by atoms with Crippen LogP contribution in [0.4, 0.5) is 5.69 Å². The number of nitrogens with one attached hydrogen (secondary N) is 1. The van der Waals surface area contributed by atoms with Crippen LogP contribution >= 0.6 is 0 Å². The summed E-state index contributed by atoms with van der Waals surface area (Å²) in [6.45, 7) is 4.18. The van der Waals surface area contributed by atoms with Crippen molar-refractivity contribution in [2.24, 2.45) is 0 Å². The summed E-state index contributed by atoms with van der Waals surface area (Å²) in [5.74, 6) is 3.20. The van der Waals surface area contributed by atoms with Gasteiger partial charge in [-0.05, 0) is 31.5 Å². The molecule has 1 rings (SSSR count). The van der Waals surface area contributed by atoms with Crippen LogP contribution in [0.2, 0.25) is 0 Å². The number of anilines is 1. The maximum absolute atomic E-state index is 9.09. The van der Waals surface area contributed by atoms with Gasteiger partial charge in [0.1, 0.15) is 5.75 Å². The van der Waals surface area contributed by atoms with Crippen LogP contribution < -0.4 is 10.1 Å². The average molecular weight is 228 g/mol. The van der Waals surface area contributed by atoms with Gasteiger partial charge in [-0.1, -0.05) is 12.0 Å². The molecule has 0 bridgehead atoms. The molecule has 0 atom stereocenters. The van der Waals surface area contributed by atoms with E-state index in [1.54, 1.807) is 7.11 Å². The molecule has 88 valence electrons. The van der Waals surface area contributed by atoms with Crippen molar-refractivity contribution in [1.29, 1.82) is 5.26 Å². The van der Waals surface area contributed by atoms with Crippen LogP contribution in [0.25, 0.3) is 0 Å². The molecule has 0 aliphatic heterocycles. The number of ether oxygens (including phenoxy) is 1. The van der Waals surface area contributed by atoms with Crippen LogP contribution in [0.5, 0.6) is 5.75 Å². The number of hydrogen-bond acceptors (Lipinski definition) is 3. The van der Waals surface area contributed by atoms with E-state index in [4.69, 9.17) is 16.4 Å². The molecule has 3 nitrogen and oxygen atoms in total. The molecule has 0 saturated heterocycles. The number of rotatable bonds is 4. The second-order valence-corrected chi connectivity index (χ2v) is 4.21. The lowest BCUT2D eigenvalue weighted by molar-refractivity contribution is 0.415. The number of methoxy groups -OCH3 is 1. The SMILES string of the molecule is C#CCNc1ccc(C(C)(C)C#N)cc1OC. The molecule has 0 heterocycles. The Morgan fingerprint density at radius 3 is 2.71 bits per heavy atom. The first-order valence-corrected chi connectivity index (χ1v) is 5.32. The Bertz CT molecular complexity index is 478. The standard InChI is InChI=1S/C14H16N2O/c1-5-8-16-12-7-6-11(9-13(12)17-4)14(2,3)10-15/h1,6-7,9,16H,8H2,2-4H3. The van der Waals surface area contributed by atoms with E-state index in [2.05, 4.69) is 17.3 Å². The van der Waals surface area contributed by atoms with E-state index in [0.717, 1.165) is 11.3 Å². The van der Waals surface area contributed by atoms with Crippen molar-refractivity contribution in [3.05, 3.63) is 23.8 Å². The summed E-state index contributed by atoms with van der Waals surface area (Å²) in [6.07, 6.45) is 5.19. The highest BCUT2D eigenvalue weighted by Gasteiger charge is 2.21. The molecule has 0 aliphatic carbocycles. The van der Waals surface area contributed by atoms with Crippen molar-refractivity contribution in [2.75, 3.05) is 19.0 Å². The molecular formula is C14H16N2O. The maximum Gasteiger partial charge on any atom is 0.142 e. The summed E-state index contributed by atoms with van der Waals surface area (Å²) in [4.78, 5) is 0. The highest BCUT2D eigenvalue weighted by Crippen LogP contribution is 2.31. The van der Waals surface area contributed by atoms with Crippen molar-refractivity contribution in [3.63, 3.8) is 0 Å². The van der Waals surface area contributed by atoms with Gasteiger partial charge in [0.25, 0.3) is 0 Å². The molecule has 3 heteroatoms. The minimum absolute atomic E-state index is 0.442. The van der Waals surface area contributed by atoms with Gasteiger partial charge in [0, 0.05) is 0 Å². The molecule has 1 N–H and O–H groups in total. The molecule has 1 aromatic carbocycles. The predicted octanol–water partition coefficient (Wildman–Crippen LogP) is 2.54. The fourth-order valence-corrected chi connectivity index (χ4v) is 1.44. The van der Waals surface area contributed by atoms with Crippen LogP contribution in [0.3, 0.4) is 0 Å². The van der Waals surface area contributed by atoms with Crippen LogP contribution in [0, 0.1) is 23.7 Å². The topological polar surface area (TPSA) is 45.0 Å². The minimum atomic E-state index is -0.530. The van der Waals surface area contributed by atoms with Crippen LogP contribution in [0.1, 0.15) is 19.4 Å². The van der Waals surface area contributed by atoms with Gasteiger partial charge in [0.2, 0.25) is 0 Å². The number of nitriles is 1. The molecule has 0 unspecified atom stereocenters. The van der Waals surface area contributed by atoms with E-state index in [9.17, 15) is 0 Å². The quantitative estimate of drug-likeness (QED) is 0.805. The second-order valence-electron chi connectivity index (χ2n) is 4.21. The largest absolute Gasteiger partial charge is 0.495 e. The molecule has 0 fully saturated rings. The average Bonchev–Trinajstić information content (AvgIpc) is 2.35. The maximum atomic E-state index is 9.09. The Morgan fingerprint density at radius 2 is 2.18 bits per heavy atom. The summed E-state index contributed by atoms with van der Waals surface area (Å²) in [5, 5.41) is 12.2. The first-order chi connectivity index (χ1) is 8.05. The molecular weight excluding hydrogens is 212 g/mol. The fraction of sp³-hybridized carbons (Fsp3) is 0.357. The minimum Gasteiger partial charge on any atom is -0.495 e. The van der Waals surface area contributed by atoms with Crippen molar-refractivity contribution >= 4 is 5.69 Å². The third kappa shape index (κ3) is 2.92. The number of nitrogens with zero attached hydrogens (tertiary/aromatic N) is 1. The Labute approximate surface area is 102 Å². The molecule has 0 spiro atoms. The van der Waals surface area contributed by atoms with Gasteiger partial charge in [-0.25, -0.2) is 0 Å². The van der Waals surface area contributed by atoms with Crippen molar-refractivity contribution in [3.8, 4) is 24.2 Å². The number of benzene rings is 1. The zero-order chi connectivity index (χ0) is 12.9. The van der Waals surface area contributed by atoms with E-state index >= 15 is 0 Å². The zero-order valence-electron chi connectivity index (χ0n) is 10.4. The number of terminal acetylenes is 1. The smallest absolute Gasteiger partial charge is 0.142 e. The van der Waals surface area contributed by atoms with Crippen LogP contribution in [-0.4, -0.2) is 13.7 Å². The molecule has 0 radical (unpaired) electrons. The van der Waals surface area contributed by atoms with Gasteiger partial charge in [-0.2, -0.15) is 5.26 Å². The summed E-state index contributed by atoms with van der Waals surface area (Å²) in [5.41, 5.74) is 1.23. The van der Waals surface area contributed by atoms with Gasteiger partial charge in [-0.15, -0.1) is 6.42 Å². The van der Waals surface area contributed by atoms with E-state index in [1.807, 2.05) is 32.0 Å². The van der Waals surface area contributed by atoms with Crippen molar-refractivity contribution < 1.29 is 4.74 Å². The third-order valence-electron chi connectivity index (χ3n) is 2.58. The van der Waals surface area contributed by atoms with Gasteiger partial charge in [-0.3, -0.25) is 0 Å². The van der Waals surface area contributed by atoms with E-state index in [-0.39, 0.29) is 0 Å². The predicted molar refractivity (Wildman–Crippen MR) is 69.0 cm³/mol. The summed E-state index contributed by atoms with van der Waals surface area (Å²) in [7, 11) is 1.60. The highest BCUT2D eigenvalue weighted by atomic mass is 16.5. The summed E-state index contributed by atoms with van der Waals surface area (Å²) < 4.78 is 5.28. The Balaban J connectivity index is 3.10. The third-order valence-corrected chi connectivity index (χ3v) is 2.58. The summed E-state index contributed by atoms with van der Waals surface area (Å²) in [6, 6.07) is 7.91. The Hall–Kier alpha value is -2.13. The van der Waals surface area contributed by atoms with Crippen LogP contribution in [-0.2, 0) is 5.41 Å². The lowest BCUT2D eigenvalue weighted by Crippen LogP contribution is -2.14. The molecule has 0 aromatic heterocycles. The van der Waals surface area contributed by atoms with Gasteiger partial charge >= 0.3 is 0 Å². The van der Waals surface area contributed by atoms with Crippen LogP contribution in [0.15, 0.2) is 18.2 Å². The fourth-order valence-electron chi connectivity index (χ4n) is 1.44. The zero-order valence-corrected chi connectivity index (χ0v) is 10.4.